The van der Waals surface area contributed by atoms with E-state index in [0.29, 0.717) is 0 Å². The van der Waals surface area contributed by atoms with Gasteiger partial charge in [0.05, 0.1) is 3.23 Å². The van der Waals surface area contributed by atoms with Crippen LogP contribution in [0.1, 0.15) is 70.6 Å². The highest BCUT2D eigenvalue weighted by Gasteiger charge is 2.21. The number of hydrogen-bond acceptors (Lipinski definition) is 1. The molecule has 0 spiro atoms. The second-order valence-electron chi connectivity index (χ2n) is 5.27. The Morgan fingerprint density at radius 1 is 0.824 bits per heavy atom. The lowest BCUT2D eigenvalue weighted by molar-refractivity contribution is 0.477. The Morgan fingerprint density at radius 2 is 1.29 bits per heavy atom. The topological polar surface area (TPSA) is 12.0 Å². The van der Waals surface area contributed by atoms with E-state index in [9.17, 15) is 0 Å². The Bertz CT molecular complexity index is 200. The minimum Gasteiger partial charge on any atom is -0.298 e. The van der Waals surface area contributed by atoms with Crippen molar-refractivity contribution >= 4 is 41.3 Å². The molecule has 102 valence electrons. The summed E-state index contributed by atoms with van der Waals surface area (Å²) in [5.41, 5.74) is 0. The van der Waals surface area contributed by atoms with Crippen molar-refractivity contribution in [3.8, 4) is 0 Å². The van der Waals surface area contributed by atoms with Crippen molar-refractivity contribution in [2.45, 2.75) is 79.9 Å². The molecule has 1 fully saturated rings. The summed E-state index contributed by atoms with van der Waals surface area (Å²) in [7, 11) is 2.70. The Hall–Kier alpha value is 1.35. The summed E-state index contributed by atoms with van der Waals surface area (Å²) in [5.74, 6) is 0. The summed E-state index contributed by atoms with van der Waals surface area (Å²) in [6.07, 6.45) is 14.7. The number of rotatable bonds is 1. The number of hydrogen-bond donors (Lipinski definition) is 1. The fraction of sp³-hybridized carbons (Fsp3) is 1.00. The molecule has 1 saturated carbocycles. The summed E-state index contributed by atoms with van der Waals surface area (Å²) < 4.78 is 0.215. The standard InChI is InChI=1S/C13H26Br2NP/c14-13(15)10-6-2-1-4-8-12(16-17)9-5-3-7-11-13/h12,16H,1-11,17H2. The summed E-state index contributed by atoms with van der Waals surface area (Å²) in [5, 5.41) is 3.39. The molecule has 0 heterocycles. The van der Waals surface area contributed by atoms with Crippen LogP contribution in [0.25, 0.3) is 0 Å². The van der Waals surface area contributed by atoms with Crippen LogP contribution in [0.15, 0.2) is 0 Å². The van der Waals surface area contributed by atoms with Gasteiger partial charge in [-0.15, -0.1) is 0 Å². The van der Waals surface area contributed by atoms with Crippen molar-refractivity contribution in [3.05, 3.63) is 0 Å². The van der Waals surface area contributed by atoms with Crippen molar-refractivity contribution in [1.82, 2.24) is 5.09 Å². The lowest BCUT2D eigenvalue weighted by Gasteiger charge is -2.20. The minimum absolute atomic E-state index is 0.215. The maximum Gasteiger partial charge on any atom is 0.0805 e. The largest absolute Gasteiger partial charge is 0.298 e. The molecule has 0 aromatic rings. The van der Waals surface area contributed by atoms with Crippen LogP contribution in [-0.4, -0.2) is 9.28 Å². The normalized spacial score (nSPS) is 28.8. The molecule has 0 aliphatic heterocycles. The molecule has 1 aliphatic carbocycles. The molecule has 0 radical (unpaired) electrons. The van der Waals surface area contributed by atoms with E-state index in [1.165, 1.54) is 70.6 Å². The van der Waals surface area contributed by atoms with Gasteiger partial charge < -0.3 is 0 Å². The highest BCUT2D eigenvalue weighted by atomic mass is 79.9. The Labute approximate surface area is 126 Å². The zero-order chi connectivity index (χ0) is 12.6. The molecule has 0 amide bonds. The zero-order valence-electron chi connectivity index (χ0n) is 10.7. The van der Waals surface area contributed by atoms with Gasteiger partial charge in [0.1, 0.15) is 0 Å². The highest BCUT2D eigenvalue weighted by Crippen LogP contribution is 2.37. The van der Waals surface area contributed by atoms with Crippen molar-refractivity contribution in [2.75, 3.05) is 0 Å². The molecule has 1 N–H and O–H groups in total. The molecule has 1 nitrogen and oxygen atoms in total. The lowest BCUT2D eigenvalue weighted by atomic mass is 10.0. The van der Waals surface area contributed by atoms with Gasteiger partial charge in [-0.25, -0.2) is 0 Å². The van der Waals surface area contributed by atoms with Crippen molar-refractivity contribution in [1.29, 1.82) is 0 Å². The molecule has 0 saturated heterocycles. The van der Waals surface area contributed by atoms with E-state index >= 15 is 0 Å². The number of alkyl halides is 2. The molecular weight excluding hydrogens is 361 g/mol. The van der Waals surface area contributed by atoms with Crippen LogP contribution in [0.3, 0.4) is 0 Å². The van der Waals surface area contributed by atoms with Crippen molar-refractivity contribution < 1.29 is 0 Å². The third kappa shape index (κ3) is 8.18. The van der Waals surface area contributed by atoms with Gasteiger partial charge in [-0.1, -0.05) is 86.2 Å². The van der Waals surface area contributed by atoms with Crippen LogP contribution in [0.5, 0.6) is 0 Å². The first kappa shape index (κ1) is 16.4. The molecule has 4 heteroatoms. The molecule has 2 unspecified atom stereocenters. The molecule has 1 rings (SSSR count). The van der Waals surface area contributed by atoms with Crippen LogP contribution >= 0.6 is 41.3 Å². The maximum absolute atomic E-state index is 3.83. The Kier molecular flexibility index (Phi) is 8.96. The first-order valence-corrected chi connectivity index (χ1v) is 9.14. The van der Waals surface area contributed by atoms with Gasteiger partial charge in [0.15, 0.2) is 0 Å². The average Bonchev–Trinajstić information content (AvgIpc) is 2.30. The van der Waals surface area contributed by atoms with Crippen LogP contribution in [0.2, 0.25) is 0 Å². The molecule has 2 atom stereocenters. The van der Waals surface area contributed by atoms with E-state index in [0.717, 1.165) is 6.04 Å². The number of nitrogens with one attached hydrogen (secondary N) is 1. The second-order valence-corrected chi connectivity index (χ2v) is 9.71. The Morgan fingerprint density at radius 3 is 1.82 bits per heavy atom. The predicted octanol–water partition coefficient (Wildman–Crippen LogP) is 5.53. The highest BCUT2D eigenvalue weighted by molar-refractivity contribution is 9.25. The third-order valence-electron chi connectivity index (χ3n) is 3.68. The van der Waals surface area contributed by atoms with Crippen LogP contribution in [0, 0.1) is 0 Å². The van der Waals surface area contributed by atoms with Crippen LogP contribution < -0.4 is 5.09 Å². The van der Waals surface area contributed by atoms with Crippen LogP contribution in [0.4, 0.5) is 0 Å². The van der Waals surface area contributed by atoms with Gasteiger partial charge in [0.2, 0.25) is 0 Å². The monoisotopic (exact) mass is 385 g/mol. The van der Waals surface area contributed by atoms with Gasteiger partial charge in [-0.3, -0.25) is 5.09 Å². The van der Waals surface area contributed by atoms with E-state index in [1.807, 2.05) is 0 Å². The fourth-order valence-corrected chi connectivity index (χ4v) is 3.97. The lowest BCUT2D eigenvalue weighted by Crippen LogP contribution is -2.19. The molecule has 0 bridgehead atoms. The maximum atomic E-state index is 3.83. The fourth-order valence-electron chi connectivity index (χ4n) is 2.52. The summed E-state index contributed by atoms with van der Waals surface area (Å²) >= 11 is 7.66. The first-order valence-electron chi connectivity index (χ1n) is 6.98. The predicted molar refractivity (Wildman–Crippen MR) is 88.0 cm³/mol. The summed E-state index contributed by atoms with van der Waals surface area (Å²) in [6.45, 7) is 0. The quantitative estimate of drug-likeness (QED) is 0.461. The number of halogens is 2. The van der Waals surface area contributed by atoms with E-state index in [-0.39, 0.29) is 3.23 Å². The van der Waals surface area contributed by atoms with E-state index in [1.54, 1.807) is 0 Å². The van der Waals surface area contributed by atoms with Gasteiger partial charge >= 0.3 is 0 Å². The van der Waals surface area contributed by atoms with E-state index in [2.05, 4.69) is 46.3 Å². The summed E-state index contributed by atoms with van der Waals surface area (Å²) in [6, 6.07) is 0.721. The molecule has 1 aliphatic rings. The molecule has 17 heavy (non-hydrogen) atoms. The van der Waals surface area contributed by atoms with E-state index < -0.39 is 0 Å². The first-order chi connectivity index (χ1) is 8.14. The van der Waals surface area contributed by atoms with Crippen LogP contribution in [-0.2, 0) is 0 Å². The Balaban J connectivity index is 2.34. The minimum atomic E-state index is 0.215. The zero-order valence-corrected chi connectivity index (χ0v) is 15.0. The SMILES string of the molecule is PNC1CCCCCCC(Br)(Br)CCCCC1. The molecule has 0 aromatic heterocycles. The van der Waals surface area contributed by atoms with Crippen molar-refractivity contribution in [3.63, 3.8) is 0 Å². The van der Waals surface area contributed by atoms with Crippen molar-refractivity contribution in [2.24, 2.45) is 0 Å². The molecule has 0 aromatic carbocycles. The van der Waals surface area contributed by atoms with Gasteiger partial charge in [-0.2, -0.15) is 0 Å². The summed E-state index contributed by atoms with van der Waals surface area (Å²) in [4.78, 5) is 0. The van der Waals surface area contributed by atoms with E-state index in [4.69, 9.17) is 0 Å². The van der Waals surface area contributed by atoms with Gasteiger partial charge in [0, 0.05) is 6.04 Å². The average molecular weight is 387 g/mol. The third-order valence-corrected chi connectivity index (χ3v) is 5.73. The smallest absolute Gasteiger partial charge is 0.0805 e. The second kappa shape index (κ2) is 9.28. The van der Waals surface area contributed by atoms with Gasteiger partial charge in [-0.05, 0) is 25.7 Å². The van der Waals surface area contributed by atoms with Gasteiger partial charge in [0.25, 0.3) is 0 Å². The molecular formula is C13H26Br2NP.